The number of thioether (sulfide) groups is 1. The quantitative estimate of drug-likeness (QED) is 0.318. The molecule has 4 heteroatoms. The van der Waals surface area contributed by atoms with Crippen molar-refractivity contribution in [2.24, 2.45) is 0 Å². The van der Waals surface area contributed by atoms with Crippen LogP contribution in [0.1, 0.15) is 50.3 Å². The number of carbonyl (C=O) groups is 1. The van der Waals surface area contributed by atoms with E-state index in [4.69, 9.17) is 0 Å². The fraction of sp³-hybridized carbons (Fsp3) is 0.296. The largest absolute Gasteiger partial charge is 0.481 e. The Hall–Kier alpha value is -2.72. The molecule has 0 unspecified atom stereocenters. The molecule has 31 heavy (non-hydrogen) atoms. The maximum atomic E-state index is 11.8. The van der Waals surface area contributed by atoms with Gasteiger partial charge in [0.05, 0.1) is 11.9 Å². The Bertz CT molecular complexity index is 1240. The van der Waals surface area contributed by atoms with Crippen LogP contribution in [-0.4, -0.2) is 20.9 Å². The summed E-state index contributed by atoms with van der Waals surface area (Å²) in [5.41, 5.74) is 5.75. The Balaban J connectivity index is 2.14. The van der Waals surface area contributed by atoms with E-state index >= 15 is 0 Å². The predicted molar refractivity (Wildman–Crippen MR) is 131 cm³/mol. The number of aliphatic carboxylic acids is 1. The molecule has 3 nitrogen and oxygen atoms in total. The lowest BCUT2D eigenvalue weighted by atomic mass is 9.94. The Morgan fingerprint density at radius 3 is 2.32 bits per heavy atom. The minimum Gasteiger partial charge on any atom is -0.481 e. The highest BCUT2D eigenvalue weighted by atomic mass is 32.2. The third-order valence-corrected chi connectivity index (χ3v) is 6.76. The lowest BCUT2D eigenvalue weighted by molar-refractivity contribution is -0.136. The van der Waals surface area contributed by atoms with Gasteiger partial charge in [-0.25, -0.2) is 0 Å². The number of nitrogens with zero attached hydrogens (tertiary/aromatic N) is 1. The first-order chi connectivity index (χ1) is 14.9. The monoisotopic (exact) mass is 431 g/mol. The number of fused-ring (bicyclic) bond motifs is 3. The van der Waals surface area contributed by atoms with Gasteiger partial charge in [-0.3, -0.25) is 4.79 Å². The minimum absolute atomic E-state index is 0.0393. The average Bonchev–Trinajstić information content (AvgIpc) is 3.04. The van der Waals surface area contributed by atoms with Crippen molar-refractivity contribution < 1.29 is 9.90 Å². The summed E-state index contributed by atoms with van der Waals surface area (Å²) in [5.74, 6) is -0.491. The first-order valence-corrected chi connectivity index (χ1v) is 11.7. The molecule has 0 spiro atoms. The van der Waals surface area contributed by atoms with E-state index in [9.17, 15) is 9.90 Å². The Morgan fingerprint density at radius 2 is 1.68 bits per heavy atom. The van der Waals surface area contributed by atoms with Gasteiger partial charge in [0, 0.05) is 33.0 Å². The van der Waals surface area contributed by atoms with Gasteiger partial charge < -0.3 is 9.67 Å². The molecule has 0 aliphatic rings. The summed E-state index contributed by atoms with van der Waals surface area (Å²) in [6.45, 7) is 9.48. The zero-order valence-electron chi connectivity index (χ0n) is 18.6. The van der Waals surface area contributed by atoms with Crippen molar-refractivity contribution in [1.29, 1.82) is 0 Å². The van der Waals surface area contributed by atoms with E-state index in [0.29, 0.717) is 11.2 Å². The van der Waals surface area contributed by atoms with Gasteiger partial charge in [0.1, 0.15) is 0 Å². The SMILES string of the molecule is CC(C)Sc1c(CC(=O)O)cc(C(C)C)c2c3ccccc3n(Cc3ccccc3)c12. The highest BCUT2D eigenvalue weighted by molar-refractivity contribution is 8.00. The number of hydrogen-bond acceptors (Lipinski definition) is 2. The zero-order valence-corrected chi connectivity index (χ0v) is 19.4. The molecule has 0 atom stereocenters. The second kappa shape index (κ2) is 8.80. The van der Waals surface area contributed by atoms with Gasteiger partial charge in [-0.1, -0.05) is 82.3 Å². The van der Waals surface area contributed by atoms with E-state index < -0.39 is 5.97 Å². The molecule has 0 saturated heterocycles. The Morgan fingerprint density at radius 1 is 1.00 bits per heavy atom. The van der Waals surface area contributed by atoms with E-state index in [2.05, 4.69) is 86.9 Å². The maximum absolute atomic E-state index is 11.8. The third kappa shape index (κ3) is 4.22. The number of benzene rings is 3. The summed E-state index contributed by atoms with van der Waals surface area (Å²) in [6.07, 6.45) is 0.0393. The molecule has 0 aliphatic carbocycles. The van der Waals surface area contributed by atoms with Crippen molar-refractivity contribution in [3.05, 3.63) is 77.4 Å². The van der Waals surface area contributed by atoms with Crippen LogP contribution in [-0.2, 0) is 17.8 Å². The Kier molecular flexibility index (Phi) is 6.10. The van der Waals surface area contributed by atoms with Gasteiger partial charge in [-0.2, -0.15) is 0 Å². The van der Waals surface area contributed by atoms with E-state index in [1.54, 1.807) is 11.8 Å². The van der Waals surface area contributed by atoms with Gasteiger partial charge in [-0.05, 0) is 28.7 Å². The van der Waals surface area contributed by atoms with Crippen LogP contribution in [0.5, 0.6) is 0 Å². The van der Waals surface area contributed by atoms with Gasteiger partial charge in [0.25, 0.3) is 0 Å². The van der Waals surface area contributed by atoms with Gasteiger partial charge in [0.15, 0.2) is 0 Å². The summed E-state index contributed by atoms with van der Waals surface area (Å²) in [7, 11) is 0. The number of aromatic nitrogens is 1. The number of para-hydroxylation sites is 1. The topological polar surface area (TPSA) is 42.2 Å². The lowest BCUT2D eigenvalue weighted by Gasteiger charge is -2.19. The van der Waals surface area contributed by atoms with Crippen LogP contribution in [0, 0.1) is 0 Å². The maximum Gasteiger partial charge on any atom is 0.307 e. The summed E-state index contributed by atoms with van der Waals surface area (Å²) < 4.78 is 2.39. The normalized spacial score (nSPS) is 11.8. The second-order valence-corrected chi connectivity index (χ2v) is 10.2. The number of carboxylic acid groups (broad SMARTS) is 1. The zero-order chi connectivity index (χ0) is 22.1. The van der Waals surface area contributed by atoms with Gasteiger partial charge >= 0.3 is 5.97 Å². The van der Waals surface area contributed by atoms with Crippen LogP contribution < -0.4 is 0 Å². The molecule has 1 aromatic heterocycles. The molecular weight excluding hydrogens is 402 g/mol. The number of hydrogen-bond donors (Lipinski definition) is 1. The van der Waals surface area contributed by atoms with Crippen LogP contribution in [0.4, 0.5) is 0 Å². The van der Waals surface area contributed by atoms with Crippen LogP contribution >= 0.6 is 11.8 Å². The molecule has 4 rings (SSSR count). The first kappa shape index (κ1) is 21.5. The van der Waals surface area contributed by atoms with Gasteiger partial charge in [-0.15, -0.1) is 11.8 Å². The molecule has 160 valence electrons. The first-order valence-electron chi connectivity index (χ1n) is 10.9. The molecule has 4 aromatic rings. The van der Waals surface area contributed by atoms with Gasteiger partial charge in [0.2, 0.25) is 0 Å². The van der Waals surface area contributed by atoms with E-state index in [0.717, 1.165) is 17.0 Å². The smallest absolute Gasteiger partial charge is 0.307 e. The predicted octanol–water partition coefficient (Wildman–Crippen LogP) is 7.09. The van der Waals surface area contributed by atoms with Crippen molar-refractivity contribution in [2.75, 3.05) is 0 Å². The summed E-state index contributed by atoms with van der Waals surface area (Å²) >= 11 is 1.77. The second-order valence-electron chi connectivity index (χ2n) is 8.66. The Labute approximate surface area is 188 Å². The average molecular weight is 432 g/mol. The highest BCUT2D eigenvalue weighted by Crippen LogP contribution is 2.43. The van der Waals surface area contributed by atoms with Crippen LogP contribution in [0.15, 0.2) is 65.6 Å². The highest BCUT2D eigenvalue weighted by Gasteiger charge is 2.23. The van der Waals surface area contributed by atoms with Crippen LogP contribution in [0.2, 0.25) is 0 Å². The molecule has 3 aromatic carbocycles. The molecule has 1 heterocycles. The summed E-state index contributed by atoms with van der Waals surface area (Å²) in [4.78, 5) is 12.9. The molecule has 1 N–H and O–H groups in total. The van der Waals surface area contributed by atoms with E-state index in [-0.39, 0.29) is 6.42 Å². The minimum atomic E-state index is -0.787. The number of carboxylic acids is 1. The standard InChI is InChI=1S/C27H29NO2S/c1-17(2)22-14-20(15-24(29)30)27(31-18(3)4)26-25(22)21-12-8-9-13-23(21)28(26)16-19-10-6-5-7-11-19/h5-14,17-18H,15-16H2,1-4H3,(H,29,30). The van der Waals surface area contributed by atoms with Crippen molar-refractivity contribution >= 4 is 39.5 Å². The fourth-order valence-electron chi connectivity index (χ4n) is 4.36. The fourth-order valence-corrected chi connectivity index (χ4v) is 5.43. The van der Waals surface area contributed by atoms with Crippen molar-refractivity contribution in [3.63, 3.8) is 0 Å². The number of rotatable bonds is 7. The molecule has 0 radical (unpaired) electrons. The van der Waals surface area contributed by atoms with Crippen molar-refractivity contribution in [2.45, 2.75) is 56.7 Å². The molecule has 0 saturated carbocycles. The molecular formula is C27H29NO2S. The van der Waals surface area contributed by atoms with Crippen LogP contribution in [0.25, 0.3) is 21.8 Å². The molecule has 0 aliphatic heterocycles. The molecule has 0 fully saturated rings. The third-order valence-electron chi connectivity index (χ3n) is 5.60. The van der Waals surface area contributed by atoms with Crippen molar-refractivity contribution in [3.8, 4) is 0 Å². The van der Waals surface area contributed by atoms with E-state index in [1.807, 2.05) is 6.07 Å². The van der Waals surface area contributed by atoms with E-state index in [1.165, 1.54) is 32.9 Å². The lowest BCUT2D eigenvalue weighted by Crippen LogP contribution is -2.07. The molecule has 0 bridgehead atoms. The summed E-state index contributed by atoms with van der Waals surface area (Å²) in [5, 5.41) is 12.5. The van der Waals surface area contributed by atoms with Crippen LogP contribution in [0.3, 0.4) is 0 Å². The molecule has 0 amide bonds. The summed E-state index contributed by atoms with van der Waals surface area (Å²) in [6, 6.07) is 21.2. The van der Waals surface area contributed by atoms with Crippen molar-refractivity contribution in [1.82, 2.24) is 4.57 Å².